The van der Waals surface area contributed by atoms with Gasteiger partial charge in [-0.15, -0.1) is 0 Å². The van der Waals surface area contributed by atoms with E-state index in [0.717, 1.165) is 12.2 Å². The highest BCUT2D eigenvalue weighted by atomic mass is 16.3. The van der Waals surface area contributed by atoms with Crippen LogP contribution in [0.1, 0.15) is 48.3 Å². The van der Waals surface area contributed by atoms with Gasteiger partial charge in [-0.2, -0.15) is 0 Å². The number of hydrogen-bond donors (Lipinski definition) is 1. The Morgan fingerprint density at radius 2 is 1.88 bits per heavy atom. The molecule has 0 amide bonds. The summed E-state index contributed by atoms with van der Waals surface area (Å²) < 4.78 is 0. The van der Waals surface area contributed by atoms with Crippen molar-refractivity contribution in [3.8, 4) is 0 Å². The zero-order valence-corrected chi connectivity index (χ0v) is 9.93. The highest BCUT2D eigenvalue weighted by Gasteiger charge is 2.15. The molecule has 0 aliphatic heterocycles. The van der Waals surface area contributed by atoms with Crippen LogP contribution in [0.15, 0.2) is 12.4 Å². The van der Waals surface area contributed by atoms with Crippen LogP contribution < -0.4 is 0 Å². The molecule has 1 fully saturated rings. The van der Waals surface area contributed by atoms with E-state index in [1.807, 2.05) is 0 Å². The van der Waals surface area contributed by atoms with Crippen LogP contribution in [-0.2, 0) is 6.42 Å². The maximum atomic E-state index is 11.2. The molecule has 1 aliphatic rings. The van der Waals surface area contributed by atoms with E-state index in [-0.39, 0.29) is 5.78 Å². The third kappa shape index (κ3) is 3.33. The maximum absolute atomic E-state index is 11.2. The molecule has 0 saturated heterocycles. The molecule has 0 spiro atoms. The van der Waals surface area contributed by atoms with Crippen molar-refractivity contribution in [1.29, 1.82) is 0 Å². The van der Waals surface area contributed by atoms with E-state index in [9.17, 15) is 4.79 Å². The standard InChI is InChI=1S/C13H18N2O2/c16-9-12(17)11-7-14-13(15-8-11)6-10-4-2-1-3-5-10/h7-8,10,16H,1-6,9H2. The first-order chi connectivity index (χ1) is 8.29. The Balaban J connectivity index is 1.95. The lowest BCUT2D eigenvalue weighted by Gasteiger charge is -2.20. The molecule has 1 N–H and O–H groups in total. The number of nitrogens with zero attached hydrogens (tertiary/aromatic N) is 2. The monoisotopic (exact) mass is 234 g/mol. The Morgan fingerprint density at radius 3 is 2.47 bits per heavy atom. The zero-order chi connectivity index (χ0) is 12.1. The average Bonchev–Trinajstić information content (AvgIpc) is 2.40. The molecule has 1 heterocycles. The number of carbonyl (C=O) groups is 1. The van der Waals surface area contributed by atoms with Crippen molar-refractivity contribution in [3.63, 3.8) is 0 Å². The van der Waals surface area contributed by atoms with Gasteiger partial charge < -0.3 is 5.11 Å². The van der Waals surface area contributed by atoms with Crippen LogP contribution in [0.2, 0.25) is 0 Å². The molecule has 4 nitrogen and oxygen atoms in total. The number of rotatable bonds is 4. The van der Waals surface area contributed by atoms with Gasteiger partial charge in [-0.1, -0.05) is 32.1 Å². The SMILES string of the molecule is O=C(CO)c1cnc(CC2CCCCC2)nc1. The van der Waals surface area contributed by atoms with E-state index in [0.29, 0.717) is 11.5 Å². The Bertz CT molecular complexity index is 370. The normalized spacial score (nSPS) is 17.0. The molecular weight excluding hydrogens is 216 g/mol. The summed E-state index contributed by atoms with van der Waals surface area (Å²) in [5.41, 5.74) is 0.389. The van der Waals surface area contributed by atoms with Crippen molar-refractivity contribution >= 4 is 5.78 Å². The van der Waals surface area contributed by atoms with Gasteiger partial charge in [0.25, 0.3) is 0 Å². The van der Waals surface area contributed by atoms with Gasteiger partial charge in [-0.3, -0.25) is 4.79 Å². The van der Waals surface area contributed by atoms with Gasteiger partial charge in [-0.25, -0.2) is 9.97 Å². The van der Waals surface area contributed by atoms with Crippen LogP contribution in [0.25, 0.3) is 0 Å². The van der Waals surface area contributed by atoms with Crippen LogP contribution in [-0.4, -0.2) is 27.5 Å². The van der Waals surface area contributed by atoms with Gasteiger partial charge in [0.1, 0.15) is 12.4 Å². The lowest BCUT2D eigenvalue weighted by molar-refractivity contribution is 0.0903. The molecule has 1 aliphatic carbocycles. The van der Waals surface area contributed by atoms with E-state index >= 15 is 0 Å². The molecule has 1 saturated carbocycles. The predicted molar refractivity (Wildman–Crippen MR) is 63.7 cm³/mol. The molecule has 2 rings (SSSR count). The second kappa shape index (κ2) is 5.87. The smallest absolute Gasteiger partial charge is 0.191 e. The summed E-state index contributed by atoms with van der Waals surface area (Å²) in [6, 6.07) is 0. The van der Waals surface area contributed by atoms with Gasteiger partial charge in [0.05, 0.1) is 5.56 Å². The van der Waals surface area contributed by atoms with Crippen LogP contribution >= 0.6 is 0 Å². The van der Waals surface area contributed by atoms with Crippen molar-refractivity contribution < 1.29 is 9.90 Å². The van der Waals surface area contributed by atoms with Crippen molar-refractivity contribution in [2.75, 3.05) is 6.61 Å². The maximum Gasteiger partial charge on any atom is 0.191 e. The topological polar surface area (TPSA) is 63.1 Å². The number of aromatic nitrogens is 2. The Labute approximate surface area is 101 Å². The number of carbonyl (C=O) groups excluding carboxylic acids is 1. The molecule has 0 aromatic carbocycles. The summed E-state index contributed by atoms with van der Waals surface area (Å²) in [6.45, 7) is -0.481. The second-order valence-electron chi connectivity index (χ2n) is 4.68. The molecule has 0 bridgehead atoms. The van der Waals surface area contributed by atoms with Crippen LogP contribution in [0, 0.1) is 5.92 Å². The van der Waals surface area contributed by atoms with Crippen LogP contribution in [0.4, 0.5) is 0 Å². The fraction of sp³-hybridized carbons (Fsp3) is 0.615. The quantitative estimate of drug-likeness (QED) is 0.806. The average molecular weight is 234 g/mol. The van der Waals surface area contributed by atoms with Crippen molar-refractivity contribution in [2.45, 2.75) is 38.5 Å². The lowest BCUT2D eigenvalue weighted by atomic mass is 9.87. The van der Waals surface area contributed by atoms with Crippen molar-refractivity contribution in [3.05, 3.63) is 23.8 Å². The molecule has 17 heavy (non-hydrogen) atoms. The molecule has 0 radical (unpaired) electrons. The minimum atomic E-state index is -0.481. The molecule has 1 aromatic rings. The van der Waals surface area contributed by atoms with E-state index in [2.05, 4.69) is 9.97 Å². The molecule has 0 atom stereocenters. The third-order valence-corrected chi connectivity index (χ3v) is 3.37. The predicted octanol–water partition coefficient (Wildman–Crippen LogP) is 1.77. The first-order valence-corrected chi connectivity index (χ1v) is 6.24. The van der Waals surface area contributed by atoms with Gasteiger partial charge >= 0.3 is 0 Å². The fourth-order valence-corrected chi connectivity index (χ4v) is 2.34. The van der Waals surface area contributed by atoms with Gasteiger partial charge in [0.15, 0.2) is 5.78 Å². The molecular formula is C13H18N2O2. The highest BCUT2D eigenvalue weighted by molar-refractivity contribution is 5.96. The Kier molecular flexibility index (Phi) is 4.20. The fourth-order valence-electron chi connectivity index (χ4n) is 2.34. The summed E-state index contributed by atoms with van der Waals surface area (Å²) in [5, 5.41) is 8.71. The summed E-state index contributed by atoms with van der Waals surface area (Å²) in [6.07, 6.45) is 10.4. The number of hydrogen-bond acceptors (Lipinski definition) is 4. The number of aliphatic hydroxyl groups is 1. The molecule has 0 unspecified atom stereocenters. The highest BCUT2D eigenvalue weighted by Crippen LogP contribution is 2.25. The minimum absolute atomic E-state index is 0.325. The summed E-state index contributed by atoms with van der Waals surface area (Å²) in [7, 11) is 0. The third-order valence-electron chi connectivity index (χ3n) is 3.37. The number of aliphatic hydroxyl groups excluding tert-OH is 1. The van der Waals surface area contributed by atoms with Gasteiger partial charge in [0, 0.05) is 18.8 Å². The van der Waals surface area contributed by atoms with E-state index < -0.39 is 6.61 Å². The minimum Gasteiger partial charge on any atom is -0.388 e. The summed E-state index contributed by atoms with van der Waals surface area (Å²) >= 11 is 0. The first-order valence-electron chi connectivity index (χ1n) is 6.24. The number of Topliss-reactive ketones (excluding diaryl/α,β-unsaturated/α-hetero) is 1. The van der Waals surface area contributed by atoms with Crippen LogP contribution in [0.3, 0.4) is 0 Å². The number of ketones is 1. The Hall–Kier alpha value is -1.29. The van der Waals surface area contributed by atoms with Crippen molar-refractivity contribution in [1.82, 2.24) is 9.97 Å². The lowest BCUT2D eigenvalue weighted by Crippen LogP contribution is -2.12. The van der Waals surface area contributed by atoms with Gasteiger partial charge in [-0.05, 0) is 5.92 Å². The van der Waals surface area contributed by atoms with E-state index in [4.69, 9.17) is 5.11 Å². The van der Waals surface area contributed by atoms with Gasteiger partial charge in [0.2, 0.25) is 0 Å². The zero-order valence-electron chi connectivity index (χ0n) is 9.93. The van der Waals surface area contributed by atoms with Crippen molar-refractivity contribution in [2.24, 2.45) is 5.92 Å². The molecule has 92 valence electrons. The summed E-state index contributed by atoms with van der Waals surface area (Å²) in [5.74, 6) is 1.18. The largest absolute Gasteiger partial charge is 0.388 e. The Morgan fingerprint density at radius 1 is 1.24 bits per heavy atom. The van der Waals surface area contributed by atoms with Crippen LogP contribution in [0.5, 0.6) is 0 Å². The first kappa shape index (κ1) is 12.2. The van der Waals surface area contributed by atoms with E-state index in [1.54, 1.807) is 0 Å². The molecule has 1 aromatic heterocycles. The summed E-state index contributed by atoms with van der Waals surface area (Å²) in [4.78, 5) is 19.6. The van der Waals surface area contributed by atoms with E-state index in [1.165, 1.54) is 44.5 Å². The second-order valence-corrected chi connectivity index (χ2v) is 4.68. The molecule has 4 heteroatoms.